The number of ketones is 1. The first kappa shape index (κ1) is 21.1. The molecule has 0 unspecified atom stereocenters. The molecule has 0 spiro atoms. The van der Waals surface area contributed by atoms with Crippen LogP contribution in [0.25, 0.3) is 0 Å². The lowest BCUT2D eigenvalue weighted by Crippen LogP contribution is -2.40. The molecule has 26 heavy (non-hydrogen) atoms. The predicted molar refractivity (Wildman–Crippen MR) is 95.3 cm³/mol. The number of carbonyl (C=O) groups excluding carboxylic acids is 3. The average molecular weight is 358 g/mol. The van der Waals surface area contributed by atoms with Gasteiger partial charge in [0.1, 0.15) is 6.61 Å². The van der Waals surface area contributed by atoms with Crippen molar-refractivity contribution in [3.63, 3.8) is 0 Å². The van der Waals surface area contributed by atoms with Crippen molar-refractivity contribution in [1.82, 2.24) is 0 Å². The number of hydrogen-bond acceptors (Lipinski definition) is 6. The standard InChI is InChI=1S/C20H22O6/c1-24-15-8-7-13-20(18(22)25-2,19(23)26-3)14-9-12-17(21)16-10-5-4-6-11-16/h4-6,9-12H,13-15H2,1-3H3/b12-9+. The molecule has 0 radical (unpaired) electrons. The van der Waals surface area contributed by atoms with Crippen LogP contribution in [0, 0.1) is 17.3 Å². The Morgan fingerprint density at radius 3 is 2.15 bits per heavy atom. The molecule has 0 saturated carbocycles. The zero-order chi connectivity index (χ0) is 19.4. The van der Waals surface area contributed by atoms with Gasteiger partial charge in [-0.05, 0) is 12.5 Å². The highest BCUT2D eigenvalue weighted by Gasteiger charge is 2.47. The number of methoxy groups -OCH3 is 3. The van der Waals surface area contributed by atoms with E-state index in [9.17, 15) is 14.4 Å². The minimum atomic E-state index is -1.64. The van der Waals surface area contributed by atoms with Crippen LogP contribution in [0.4, 0.5) is 0 Å². The Labute approximate surface area is 153 Å². The van der Waals surface area contributed by atoms with E-state index in [1.54, 1.807) is 30.3 Å². The van der Waals surface area contributed by atoms with Crippen LogP contribution in [0.3, 0.4) is 0 Å². The third-order valence-electron chi connectivity index (χ3n) is 3.68. The van der Waals surface area contributed by atoms with E-state index in [0.717, 1.165) is 0 Å². The molecule has 138 valence electrons. The molecule has 6 heteroatoms. The van der Waals surface area contributed by atoms with Gasteiger partial charge in [0.2, 0.25) is 0 Å². The molecule has 0 aromatic heterocycles. The van der Waals surface area contributed by atoms with Gasteiger partial charge in [0, 0.05) is 19.1 Å². The predicted octanol–water partition coefficient (Wildman–Crippen LogP) is 2.19. The maximum absolute atomic E-state index is 12.3. The smallest absolute Gasteiger partial charge is 0.324 e. The molecule has 0 N–H and O–H groups in total. The lowest BCUT2D eigenvalue weighted by atomic mass is 9.81. The normalized spacial score (nSPS) is 10.7. The highest BCUT2D eigenvalue weighted by atomic mass is 16.5. The van der Waals surface area contributed by atoms with E-state index in [0.29, 0.717) is 5.56 Å². The van der Waals surface area contributed by atoms with Crippen LogP contribution < -0.4 is 0 Å². The summed E-state index contributed by atoms with van der Waals surface area (Å²) in [7, 11) is 3.85. The minimum Gasteiger partial charge on any atom is -0.468 e. The Morgan fingerprint density at radius 1 is 1.00 bits per heavy atom. The second kappa shape index (κ2) is 10.9. The van der Waals surface area contributed by atoms with Crippen molar-refractivity contribution in [2.45, 2.75) is 12.8 Å². The first-order valence-electron chi connectivity index (χ1n) is 7.89. The number of carbonyl (C=O) groups is 3. The summed E-state index contributed by atoms with van der Waals surface area (Å²) in [6.45, 7) is 0.167. The van der Waals surface area contributed by atoms with E-state index in [1.807, 2.05) is 0 Å². The molecule has 0 heterocycles. The van der Waals surface area contributed by atoms with Crippen molar-refractivity contribution < 1.29 is 28.6 Å². The summed E-state index contributed by atoms with van der Waals surface area (Å²) in [5, 5.41) is 0. The van der Waals surface area contributed by atoms with Crippen LogP contribution in [0.2, 0.25) is 0 Å². The molecule has 0 amide bonds. The number of rotatable bonds is 8. The molecule has 0 atom stereocenters. The zero-order valence-electron chi connectivity index (χ0n) is 15.1. The highest BCUT2D eigenvalue weighted by molar-refractivity contribution is 6.05. The third kappa shape index (κ3) is 5.57. The molecule has 0 aliphatic carbocycles. The van der Waals surface area contributed by atoms with Gasteiger partial charge in [-0.25, -0.2) is 0 Å². The van der Waals surface area contributed by atoms with Crippen LogP contribution in [-0.2, 0) is 23.8 Å². The SMILES string of the molecule is COCC#CCC(C/C=C/C(=O)c1ccccc1)(C(=O)OC)C(=O)OC. The second-order valence-electron chi connectivity index (χ2n) is 5.37. The maximum atomic E-state index is 12.3. The largest absolute Gasteiger partial charge is 0.468 e. The van der Waals surface area contributed by atoms with Gasteiger partial charge in [-0.15, -0.1) is 0 Å². The molecule has 0 aliphatic rings. The molecule has 6 nitrogen and oxygen atoms in total. The molecule has 0 aliphatic heterocycles. The molecular formula is C20H22O6. The van der Waals surface area contributed by atoms with Gasteiger partial charge in [-0.2, -0.15) is 0 Å². The molecule has 1 aromatic rings. The van der Waals surface area contributed by atoms with E-state index in [-0.39, 0.29) is 25.2 Å². The number of allylic oxidation sites excluding steroid dienone is 2. The number of ether oxygens (including phenoxy) is 3. The number of hydrogen-bond donors (Lipinski definition) is 0. The summed E-state index contributed by atoms with van der Waals surface area (Å²) in [5.74, 6) is 3.65. The molecule has 0 bridgehead atoms. The fourth-order valence-corrected chi connectivity index (χ4v) is 2.26. The van der Waals surface area contributed by atoms with Crippen molar-refractivity contribution in [1.29, 1.82) is 0 Å². The van der Waals surface area contributed by atoms with Crippen molar-refractivity contribution in [3.8, 4) is 11.8 Å². The molecule has 1 rings (SSSR count). The Hall–Kier alpha value is -2.91. The third-order valence-corrected chi connectivity index (χ3v) is 3.68. The summed E-state index contributed by atoms with van der Waals surface area (Å²) < 4.78 is 14.4. The summed E-state index contributed by atoms with van der Waals surface area (Å²) >= 11 is 0. The van der Waals surface area contributed by atoms with Gasteiger partial charge < -0.3 is 14.2 Å². The van der Waals surface area contributed by atoms with Crippen molar-refractivity contribution in [2.75, 3.05) is 27.9 Å². The average Bonchev–Trinajstić information content (AvgIpc) is 2.69. The fourth-order valence-electron chi connectivity index (χ4n) is 2.26. The van der Waals surface area contributed by atoms with Crippen LogP contribution in [0.1, 0.15) is 23.2 Å². The molecule has 0 saturated heterocycles. The van der Waals surface area contributed by atoms with Gasteiger partial charge in [0.15, 0.2) is 11.2 Å². The lowest BCUT2D eigenvalue weighted by molar-refractivity contribution is -0.168. The zero-order valence-corrected chi connectivity index (χ0v) is 15.1. The summed E-state index contributed by atoms with van der Waals surface area (Å²) in [5.41, 5.74) is -1.14. The highest BCUT2D eigenvalue weighted by Crippen LogP contribution is 2.30. The first-order valence-corrected chi connectivity index (χ1v) is 7.89. The van der Waals surface area contributed by atoms with Crippen LogP contribution >= 0.6 is 0 Å². The van der Waals surface area contributed by atoms with E-state index in [2.05, 4.69) is 11.8 Å². The van der Waals surface area contributed by atoms with Gasteiger partial charge >= 0.3 is 11.9 Å². The first-order chi connectivity index (χ1) is 12.5. The van der Waals surface area contributed by atoms with Gasteiger partial charge in [-0.3, -0.25) is 14.4 Å². The Morgan fingerprint density at radius 2 is 1.62 bits per heavy atom. The van der Waals surface area contributed by atoms with E-state index in [1.165, 1.54) is 33.5 Å². The minimum absolute atomic E-state index is 0.0768. The summed E-state index contributed by atoms with van der Waals surface area (Å²) in [6.07, 6.45) is 2.59. The van der Waals surface area contributed by atoms with Crippen LogP contribution in [-0.4, -0.2) is 45.7 Å². The lowest BCUT2D eigenvalue weighted by Gasteiger charge is -2.24. The topological polar surface area (TPSA) is 78.9 Å². The van der Waals surface area contributed by atoms with E-state index in [4.69, 9.17) is 14.2 Å². The molecule has 0 fully saturated rings. The molecular weight excluding hydrogens is 336 g/mol. The van der Waals surface area contributed by atoms with Crippen molar-refractivity contribution in [3.05, 3.63) is 48.0 Å². The Balaban J connectivity index is 3.05. The van der Waals surface area contributed by atoms with Gasteiger partial charge in [0.05, 0.1) is 14.2 Å². The molecule has 1 aromatic carbocycles. The van der Waals surface area contributed by atoms with E-state index < -0.39 is 17.4 Å². The quantitative estimate of drug-likeness (QED) is 0.233. The second-order valence-corrected chi connectivity index (χ2v) is 5.37. The Bertz CT molecular complexity index is 693. The summed E-state index contributed by atoms with van der Waals surface area (Å²) in [4.78, 5) is 36.8. The van der Waals surface area contributed by atoms with E-state index >= 15 is 0 Å². The van der Waals surface area contributed by atoms with Crippen molar-refractivity contribution >= 4 is 17.7 Å². The van der Waals surface area contributed by atoms with Gasteiger partial charge in [0.25, 0.3) is 0 Å². The van der Waals surface area contributed by atoms with Crippen LogP contribution in [0.15, 0.2) is 42.5 Å². The number of esters is 2. The fraction of sp³-hybridized carbons (Fsp3) is 0.350. The van der Waals surface area contributed by atoms with Crippen molar-refractivity contribution in [2.24, 2.45) is 5.41 Å². The Kier molecular flexibility index (Phi) is 8.82. The van der Waals surface area contributed by atoms with Gasteiger partial charge in [-0.1, -0.05) is 48.2 Å². The van der Waals surface area contributed by atoms with Crippen LogP contribution in [0.5, 0.6) is 0 Å². The number of benzene rings is 1. The maximum Gasteiger partial charge on any atom is 0.324 e. The summed E-state index contributed by atoms with van der Waals surface area (Å²) in [6, 6.07) is 8.66. The monoisotopic (exact) mass is 358 g/mol.